The van der Waals surface area contributed by atoms with Crippen LogP contribution in [0.2, 0.25) is 0 Å². The molecule has 0 saturated carbocycles. The zero-order valence-corrected chi connectivity index (χ0v) is 11.5. The van der Waals surface area contributed by atoms with Gasteiger partial charge in [-0.15, -0.1) is 0 Å². The molecule has 1 aromatic rings. The van der Waals surface area contributed by atoms with Gasteiger partial charge in [-0.1, -0.05) is 44.2 Å². The number of rotatable bonds is 7. The van der Waals surface area contributed by atoms with E-state index in [1.807, 2.05) is 39.0 Å². The smallest absolute Gasteiger partial charge is 0.323 e. The number of benzene rings is 1. The van der Waals surface area contributed by atoms with Crippen LogP contribution in [0.15, 0.2) is 30.3 Å². The minimum absolute atomic E-state index is 0.151. The maximum absolute atomic E-state index is 11.8. The van der Waals surface area contributed by atoms with Crippen molar-refractivity contribution in [3.05, 3.63) is 35.9 Å². The number of hydrogen-bond acceptors (Lipinski definition) is 3. The molecule has 1 rings (SSSR count). The quantitative estimate of drug-likeness (QED) is 0.755. The van der Waals surface area contributed by atoms with Crippen molar-refractivity contribution in [3.63, 3.8) is 0 Å². The fraction of sp³-hybridized carbons (Fsp3) is 0.533. The highest BCUT2D eigenvalue weighted by atomic mass is 16.5. The summed E-state index contributed by atoms with van der Waals surface area (Å²) >= 11 is 0. The van der Waals surface area contributed by atoms with Crippen LogP contribution in [-0.4, -0.2) is 24.7 Å². The number of nitrogens with one attached hydrogen (secondary N) is 1. The first-order valence-electron chi connectivity index (χ1n) is 6.60. The van der Waals surface area contributed by atoms with E-state index in [0.717, 1.165) is 12.8 Å². The van der Waals surface area contributed by atoms with Gasteiger partial charge in [-0.2, -0.15) is 0 Å². The predicted octanol–water partition coefficient (Wildman–Crippen LogP) is 2.55. The Morgan fingerprint density at radius 1 is 1.28 bits per heavy atom. The van der Waals surface area contributed by atoms with Crippen molar-refractivity contribution in [2.75, 3.05) is 6.61 Å². The highest BCUT2D eigenvalue weighted by molar-refractivity contribution is 5.75. The van der Waals surface area contributed by atoms with Gasteiger partial charge in [0.05, 0.1) is 6.61 Å². The number of esters is 1. The van der Waals surface area contributed by atoms with E-state index < -0.39 is 0 Å². The summed E-state index contributed by atoms with van der Waals surface area (Å²) < 4.78 is 5.09. The summed E-state index contributed by atoms with van der Waals surface area (Å²) in [4.78, 5) is 11.8. The minimum Gasteiger partial charge on any atom is -0.465 e. The molecule has 0 aliphatic heterocycles. The third-order valence-corrected chi connectivity index (χ3v) is 2.67. The van der Waals surface area contributed by atoms with Crippen molar-refractivity contribution in [2.24, 2.45) is 0 Å². The average molecular weight is 249 g/mol. The number of carbonyl (C=O) groups excluding carboxylic acids is 1. The van der Waals surface area contributed by atoms with Crippen molar-refractivity contribution >= 4 is 5.97 Å². The van der Waals surface area contributed by atoms with E-state index in [1.165, 1.54) is 5.56 Å². The van der Waals surface area contributed by atoms with Crippen LogP contribution in [0.25, 0.3) is 0 Å². The van der Waals surface area contributed by atoms with Gasteiger partial charge in [0.1, 0.15) is 6.04 Å². The Morgan fingerprint density at radius 3 is 2.50 bits per heavy atom. The van der Waals surface area contributed by atoms with Crippen molar-refractivity contribution in [2.45, 2.75) is 45.7 Å². The van der Waals surface area contributed by atoms with Crippen LogP contribution in [0.4, 0.5) is 0 Å². The van der Waals surface area contributed by atoms with E-state index in [0.29, 0.717) is 6.61 Å². The lowest BCUT2D eigenvalue weighted by atomic mass is 10.0. The number of aryl methyl sites for hydroxylation is 1. The third kappa shape index (κ3) is 5.32. The topological polar surface area (TPSA) is 38.3 Å². The van der Waals surface area contributed by atoms with Crippen LogP contribution in [0.1, 0.15) is 32.8 Å². The van der Waals surface area contributed by atoms with Crippen molar-refractivity contribution in [1.82, 2.24) is 5.32 Å². The molecule has 0 bridgehead atoms. The van der Waals surface area contributed by atoms with E-state index in [9.17, 15) is 4.79 Å². The lowest BCUT2D eigenvalue weighted by Gasteiger charge is -2.19. The van der Waals surface area contributed by atoms with E-state index in [1.54, 1.807) is 0 Å². The van der Waals surface area contributed by atoms with Crippen molar-refractivity contribution in [3.8, 4) is 0 Å². The zero-order valence-electron chi connectivity index (χ0n) is 11.5. The van der Waals surface area contributed by atoms with Crippen LogP contribution in [0.3, 0.4) is 0 Å². The van der Waals surface area contributed by atoms with Gasteiger partial charge in [0, 0.05) is 6.04 Å². The summed E-state index contributed by atoms with van der Waals surface area (Å²) in [6.07, 6.45) is 1.64. The molecule has 0 heterocycles. The van der Waals surface area contributed by atoms with Gasteiger partial charge in [-0.25, -0.2) is 0 Å². The Balaban J connectivity index is 2.53. The largest absolute Gasteiger partial charge is 0.465 e. The highest BCUT2D eigenvalue weighted by Gasteiger charge is 2.19. The number of carbonyl (C=O) groups is 1. The summed E-state index contributed by atoms with van der Waals surface area (Å²) in [6.45, 7) is 6.34. The zero-order chi connectivity index (χ0) is 13.4. The second kappa shape index (κ2) is 7.88. The molecule has 0 unspecified atom stereocenters. The Labute approximate surface area is 110 Å². The predicted molar refractivity (Wildman–Crippen MR) is 73.5 cm³/mol. The molecule has 1 N–H and O–H groups in total. The SMILES string of the molecule is CCOC(=O)[C@@H](CCc1ccccc1)NC(C)C. The van der Waals surface area contributed by atoms with Gasteiger partial charge in [0.2, 0.25) is 0 Å². The van der Waals surface area contributed by atoms with Gasteiger partial charge in [-0.3, -0.25) is 4.79 Å². The van der Waals surface area contributed by atoms with Gasteiger partial charge in [0.25, 0.3) is 0 Å². The van der Waals surface area contributed by atoms with Crippen LogP contribution < -0.4 is 5.32 Å². The molecule has 3 heteroatoms. The maximum atomic E-state index is 11.8. The first-order chi connectivity index (χ1) is 8.63. The molecule has 18 heavy (non-hydrogen) atoms. The van der Waals surface area contributed by atoms with Gasteiger partial charge in [-0.05, 0) is 25.3 Å². The molecule has 0 spiro atoms. The second-order valence-electron chi connectivity index (χ2n) is 4.65. The summed E-state index contributed by atoms with van der Waals surface area (Å²) in [5, 5.41) is 3.26. The normalized spacial score (nSPS) is 12.4. The van der Waals surface area contributed by atoms with Crippen molar-refractivity contribution < 1.29 is 9.53 Å². The van der Waals surface area contributed by atoms with Crippen LogP contribution in [-0.2, 0) is 16.0 Å². The van der Waals surface area contributed by atoms with Crippen LogP contribution >= 0.6 is 0 Å². The van der Waals surface area contributed by atoms with E-state index in [4.69, 9.17) is 4.74 Å². The number of ether oxygens (including phenoxy) is 1. The summed E-state index contributed by atoms with van der Waals surface area (Å²) in [7, 11) is 0. The molecule has 0 amide bonds. The van der Waals surface area contributed by atoms with Gasteiger partial charge >= 0.3 is 5.97 Å². The summed E-state index contributed by atoms with van der Waals surface area (Å²) in [5.74, 6) is -0.151. The van der Waals surface area contributed by atoms with Gasteiger partial charge in [0.15, 0.2) is 0 Å². The lowest BCUT2D eigenvalue weighted by molar-refractivity contribution is -0.146. The second-order valence-corrected chi connectivity index (χ2v) is 4.65. The number of hydrogen-bond donors (Lipinski definition) is 1. The Hall–Kier alpha value is -1.35. The minimum atomic E-state index is -0.217. The molecule has 0 aliphatic rings. The fourth-order valence-corrected chi connectivity index (χ4v) is 1.87. The van der Waals surface area contributed by atoms with Crippen LogP contribution in [0.5, 0.6) is 0 Å². The van der Waals surface area contributed by atoms with Crippen molar-refractivity contribution in [1.29, 1.82) is 0 Å². The van der Waals surface area contributed by atoms with E-state index in [2.05, 4.69) is 17.4 Å². The fourth-order valence-electron chi connectivity index (χ4n) is 1.87. The van der Waals surface area contributed by atoms with E-state index >= 15 is 0 Å². The molecule has 0 saturated heterocycles. The molecular weight excluding hydrogens is 226 g/mol. The highest BCUT2D eigenvalue weighted by Crippen LogP contribution is 2.07. The first-order valence-corrected chi connectivity index (χ1v) is 6.60. The Kier molecular flexibility index (Phi) is 6.44. The summed E-state index contributed by atoms with van der Waals surface area (Å²) in [6, 6.07) is 10.3. The van der Waals surface area contributed by atoms with Gasteiger partial charge < -0.3 is 10.1 Å². The Bertz CT molecular complexity index is 349. The van der Waals surface area contributed by atoms with E-state index in [-0.39, 0.29) is 18.1 Å². The third-order valence-electron chi connectivity index (χ3n) is 2.67. The van der Waals surface area contributed by atoms with Crippen LogP contribution in [0, 0.1) is 0 Å². The molecule has 0 fully saturated rings. The standard InChI is InChI=1S/C15H23NO2/c1-4-18-15(17)14(16-12(2)3)11-10-13-8-6-5-7-9-13/h5-9,12,14,16H,4,10-11H2,1-3H3/t14-/m1/s1. The lowest BCUT2D eigenvalue weighted by Crippen LogP contribution is -2.42. The Morgan fingerprint density at radius 2 is 1.94 bits per heavy atom. The first kappa shape index (κ1) is 14.7. The molecule has 3 nitrogen and oxygen atoms in total. The monoisotopic (exact) mass is 249 g/mol. The molecule has 0 aromatic heterocycles. The molecular formula is C15H23NO2. The molecule has 1 atom stereocenters. The maximum Gasteiger partial charge on any atom is 0.323 e. The molecule has 0 aliphatic carbocycles. The molecule has 0 radical (unpaired) electrons. The summed E-state index contributed by atoms with van der Waals surface area (Å²) in [5.41, 5.74) is 1.25. The molecule has 100 valence electrons. The molecule has 1 aromatic carbocycles. The average Bonchev–Trinajstić information content (AvgIpc) is 2.35.